The predicted octanol–water partition coefficient (Wildman–Crippen LogP) is 0.545. The highest BCUT2D eigenvalue weighted by Gasteiger charge is 2.15. The van der Waals surface area contributed by atoms with Crippen LogP contribution in [0.1, 0.15) is 18.9 Å². The molecule has 0 amide bonds. The van der Waals surface area contributed by atoms with Gasteiger partial charge in [0.2, 0.25) is 10.0 Å². The van der Waals surface area contributed by atoms with Crippen LogP contribution in [0, 0.1) is 0 Å². The Morgan fingerprint density at radius 3 is 2.67 bits per heavy atom. The van der Waals surface area contributed by atoms with Crippen molar-refractivity contribution in [3.63, 3.8) is 0 Å². The molecule has 1 aromatic carbocycles. The number of aliphatic carboxylic acids is 1. The zero-order valence-electron chi connectivity index (χ0n) is 11.5. The van der Waals surface area contributed by atoms with E-state index in [-0.39, 0.29) is 30.9 Å². The maximum Gasteiger partial charge on any atom is 0.310 e. The van der Waals surface area contributed by atoms with Crippen molar-refractivity contribution in [2.75, 3.05) is 13.2 Å². The predicted molar refractivity (Wildman–Crippen MR) is 74.2 cm³/mol. The van der Waals surface area contributed by atoms with Gasteiger partial charge in [0, 0.05) is 6.54 Å². The van der Waals surface area contributed by atoms with Crippen molar-refractivity contribution < 1.29 is 27.9 Å². The number of carbonyl (C=O) groups excluding carboxylic acids is 1. The Hall–Kier alpha value is -1.93. The molecule has 116 valence electrons. The van der Waals surface area contributed by atoms with Crippen LogP contribution in [-0.2, 0) is 30.8 Å². The number of carboxylic acids is 1. The van der Waals surface area contributed by atoms with Gasteiger partial charge in [0.25, 0.3) is 0 Å². The van der Waals surface area contributed by atoms with E-state index in [1.807, 2.05) is 0 Å². The summed E-state index contributed by atoms with van der Waals surface area (Å²) < 4.78 is 30.9. The molecule has 2 N–H and O–H groups in total. The number of sulfonamides is 1. The number of ether oxygens (including phenoxy) is 1. The first kappa shape index (κ1) is 17.1. The molecule has 0 saturated heterocycles. The first-order valence-corrected chi connectivity index (χ1v) is 7.79. The van der Waals surface area contributed by atoms with Gasteiger partial charge in [-0.2, -0.15) is 0 Å². The Bertz CT molecular complexity index is 611. The van der Waals surface area contributed by atoms with Gasteiger partial charge in [0.05, 0.1) is 24.3 Å². The fourth-order valence-corrected chi connectivity index (χ4v) is 2.68. The number of rotatable bonds is 8. The van der Waals surface area contributed by atoms with Gasteiger partial charge < -0.3 is 9.84 Å². The van der Waals surface area contributed by atoms with E-state index in [9.17, 15) is 18.0 Å². The van der Waals surface area contributed by atoms with Crippen LogP contribution in [-0.4, -0.2) is 38.6 Å². The van der Waals surface area contributed by atoms with Crippen molar-refractivity contribution >= 4 is 22.0 Å². The van der Waals surface area contributed by atoms with E-state index in [1.54, 1.807) is 13.0 Å². The van der Waals surface area contributed by atoms with Gasteiger partial charge in [-0.25, -0.2) is 13.1 Å². The lowest BCUT2D eigenvalue weighted by atomic mass is 10.1. The quantitative estimate of drug-likeness (QED) is 0.678. The van der Waals surface area contributed by atoms with Crippen molar-refractivity contribution in [3.05, 3.63) is 29.8 Å². The molecule has 0 aliphatic rings. The molecular weight excluding hydrogens is 298 g/mol. The standard InChI is InChI=1S/C13H17NO6S/c1-2-20-13(17)9-10-4-3-5-11(8-10)21(18,19)14-7-6-12(15)16/h3-5,8,14H,2,6-7,9H2,1H3,(H,15,16). The van der Waals surface area contributed by atoms with Gasteiger partial charge in [-0.05, 0) is 24.6 Å². The Labute approximate surface area is 123 Å². The van der Waals surface area contributed by atoms with Crippen molar-refractivity contribution in [2.24, 2.45) is 0 Å². The molecule has 0 unspecified atom stereocenters. The SMILES string of the molecule is CCOC(=O)Cc1cccc(S(=O)(=O)NCCC(=O)O)c1. The second-order valence-electron chi connectivity index (χ2n) is 4.17. The third-order valence-electron chi connectivity index (χ3n) is 2.49. The summed E-state index contributed by atoms with van der Waals surface area (Å²) in [6.07, 6.45) is -0.325. The maximum absolute atomic E-state index is 12.0. The van der Waals surface area contributed by atoms with Crippen LogP contribution in [0.3, 0.4) is 0 Å². The molecule has 1 rings (SSSR count). The fraction of sp³-hybridized carbons (Fsp3) is 0.385. The van der Waals surface area contributed by atoms with Crippen molar-refractivity contribution in [2.45, 2.75) is 24.7 Å². The van der Waals surface area contributed by atoms with E-state index in [1.165, 1.54) is 18.2 Å². The van der Waals surface area contributed by atoms with Gasteiger partial charge in [0.15, 0.2) is 0 Å². The highest BCUT2D eigenvalue weighted by atomic mass is 32.2. The van der Waals surface area contributed by atoms with E-state index in [4.69, 9.17) is 9.84 Å². The molecule has 0 aromatic heterocycles. The van der Waals surface area contributed by atoms with Crippen LogP contribution in [0.4, 0.5) is 0 Å². The number of carbonyl (C=O) groups is 2. The molecule has 0 radical (unpaired) electrons. The lowest BCUT2D eigenvalue weighted by Crippen LogP contribution is -2.26. The highest BCUT2D eigenvalue weighted by molar-refractivity contribution is 7.89. The Balaban J connectivity index is 2.78. The molecule has 7 nitrogen and oxygen atoms in total. The van der Waals surface area contributed by atoms with Crippen LogP contribution >= 0.6 is 0 Å². The van der Waals surface area contributed by atoms with Crippen molar-refractivity contribution in [3.8, 4) is 0 Å². The molecule has 0 fully saturated rings. The summed E-state index contributed by atoms with van der Waals surface area (Å²) in [6, 6.07) is 5.87. The number of nitrogens with one attached hydrogen (secondary N) is 1. The number of esters is 1. The highest BCUT2D eigenvalue weighted by Crippen LogP contribution is 2.12. The summed E-state index contributed by atoms with van der Waals surface area (Å²) in [5, 5.41) is 8.49. The molecule has 1 aromatic rings. The summed E-state index contributed by atoms with van der Waals surface area (Å²) in [6.45, 7) is 1.75. The monoisotopic (exact) mass is 315 g/mol. The summed E-state index contributed by atoms with van der Waals surface area (Å²) in [7, 11) is -3.79. The minimum Gasteiger partial charge on any atom is -0.481 e. The molecule has 0 bridgehead atoms. The van der Waals surface area contributed by atoms with Gasteiger partial charge >= 0.3 is 11.9 Å². The fourth-order valence-electron chi connectivity index (χ4n) is 1.58. The molecule has 0 saturated carbocycles. The van der Waals surface area contributed by atoms with E-state index in [0.29, 0.717) is 5.56 Å². The summed E-state index contributed by atoms with van der Waals surface area (Å²) in [5.41, 5.74) is 0.509. The van der Waals surface area contributed by atoms with Crippen LogP contribution in [0.15, 0.2) is 29.2 Å². The number of hydrogen-bond donors (Lipinski definition) is 2. The first-order valence-electron chi connectivity index (χ1n) is 6.31. The van der Waals surface area contributed by atoms with Gasteiger partial charge in [-0.1, -0.05) is 12.1 Å². The van der Waals surface area contributed by atoms with E-state index in [0.717, 1.165) is 0 Å². The zero-order valence-corrected chi connectivity index (χ0v) is 12.4. The van der Waals surface area contributed by atoms with Crippen LogP contribution in [0.2, 0.25) is 0 Å². The lowest BCUT2D eigenvalue weighted by Gasteiger charge is -2.07. The minimum absolute atomic E-state index is 0.0188. The molecule has 8 heteroatoms. The molecule has 0 spiro atoms. The van der Waals surface area contributed by atoms with Gasteiger partial charge in [-0.15, -0.1) is 0 Å². The second kappa shape index (κ2) is 7.75. The van der Waals surface area contributed by atoms with Crippen molar-refractivity contribution in [1.82, 2.24) is 4.72 Å². The molecule has 0 atom stereocenters. The van der Waals surface area contributed by atoms with E-state index >= 15 is 0 Å². The Morgan fingerprint density at radius 2 is 2.05 bits per heavy atom. The Kier molecular flexibility index (Phi) is 6.32. The summed E-state index contributed by atoms with van der Waals surface area (Å²) in [5.74, 6) is -1.53. The van der Waals surface area contributed by atoms with Crippen LogP contribution in [0.25, 0.3) is 0 Å². The Morgan fingerprint density at radius 1 is 1.33 bits per heavy atom. The third kappa shape index (κ3) is 5.92. The minimum atomic E-state index is -3.79. The third-order valence-corrected chi connectivity index (χ3v) is 3.95. The molecular formula is C13H17NO6S. The molecule has 0 aliphatic heterocycles. The average Bonchev–Trinajstić information content (AvgIpc) is 2.38. The lowest BCUT2D eigenvalue weighted by molar-refractivity contribution is -0.142. The number of benzene rings is 1. The summed E-state index contributed by atoms with van der Waals surface area (Å²) in [4.78, 5) is 21.7. The van der Waals surface area contributed by atoms with E-state index < -0.39 is 22.0 Å². The normalized spacial score (nSPS) is 11.1. The molecule has 0 aliphatic carbocycles. The number of carboxylic acid groups (broad SMARTS) is 1. The molecule has 0 heterocycles. The average molecular weight is 315 g/mol. The summed E-state index contributed by atoms with van der Waals surface area (Å²) >= 11 is 0. The van der Waals surface area contributed by atoms with Crippen LogP contribution in [0.5, 0.6) is 0 Å². The van der Waals surface area contributed by atoms with E-state index in [2.05, 4.69) is 4.72 Å². The van der Waals surface area contributed by atoms with Gasteiger partial charge in [0.1, 0.15) is 0 Å². The topological polar surface area (TPSA) is 110 Å². The van der Waals surface area contributed by atoms with Gasteiger partial charge in [-0.3, -0.25) is 9.59 Å². The second-order valence-corrected chi connectivity index (χ2v) is 5.94. The number of hydrogen-bond acceptors (Lipinski definition) is 5. The largest absolute Gasteiger partial charge is 0.481 e. The van der Waals surface area contributed by atoms with Crippen LogP contribution < -0.4 is 4.72 Å². The maximum atomic E-state index is 12.0. The first-order chi connectivity index (χ1) is 9.85. The van der Waals surface area contributed by atoms with Crippen molar-refractivity contribution in [1.29, 1.82) is 0 Å². The smallest absolute Gasteiger partial charge is 0.310 e. The zero-order chi connectivity index (χ0) is 15.9. The molecule has 21 heavy (non-hydrogen) atoms.